The van der Waals surface area contributed by atoms with Crippen LogP contribution in [-0.2, 0) is 6.54 Å². The number of rotatable bonds is 5. The molecular formula is C26H32N2O2. The number of nitrogens with zero attached hydrogens (tertiary/aromatic N) is 2. The molecule has 3 heterocycles. The van der Waals surface area contributed by atoms with Crippen LogP contribution in [0.4, 0.5) is 0 Å². The van der Waals surface area contributed by atoms with E-state index in [4.69, 9.17) is 9.15 Å². The second-order valence-electron chi connectivity index (χ2n) is 8.74. The fourth-order valence-electron chi connectivity index (χ4n) is 5.20. The van der Waals surface area contributed by atoms with E-state index >= 15 is 0 Å². The van der Waals surface area contributed by atoms with Crippen LogP contribution in [-0.4, -0.2) is 49.1 Å². The van der Waals surface area contributed by atoms with Gasteiger partial charge in [-0.15, -0.1) is 0 Å². The average Bonchev–Trinajstić information content (AvgIpc) is 3.26. The first kappa shape index (κ1) is 19.7. The number of methoxy groups -OCH3 is 1. The van der Waals surface area contributed by atoms with Gasteiger partial charge in [0.2, 0.25) is 0 Å². The van der Waals surface area contributed by atoms with Crippen molar-refractivity contribution in [1.82, 2.24) is 9.80 Å². The van der Waals surface area contributed by atoms with Gasteiger partial charge in [0.05, 0.1) is 7.11 Å². The van der Waals surface area contributed by atoms with Crippen molar-refractivity contribution in [3.8, 4) is 17.1 Å². The highest BCUT2D eigenvalue weighted by Gasteiger charge is 2.26. The fraction of sp³-hybridized carbons (Fsp3) is 0.462. The van der Waals surface area contributed by atoms with Crippen LogP contribution in [0, 0.1) is 0 Å². The quantitative estimate of drug-likeness (QED) is 0.557. The molecule has 0 saturated carbocycles. The Morgan fingerprint density at radius 1 is 0.933 bits per heavy atom. The van der Waals surface area contributed by atoms with Gasteiger partial charge < -0.3 is 14.1 Å². The van der Waals surface area contributed by atoms with E-state index in [2.05, 4.69) is 46.2 Å². The first-order chi connectivity index (χ1) is 14.8. The molecule has 0 aliphatic carbocycles. The van der Waals surface area contributed by atoms with Crippen LogP contribution in [0.1, 0.15) is 37.7 Å². The Balaban J connectivity index is 1.35. The lowest BCUT2D eigenvalue weighted by atomic mass is 9.99. The molecule has 2 aromatic carbocycles. The number of piperidine rings is 2. The smallest absolute Gasteiger partial charge is 0.135 e. The second-order valence-corrected chi connectivity index (χ2v) is 8.74. The molecule has 5 rings (SSSR count). The lowest BCUT2D eigenvalue weighted by molar-refractivity contribution is 0.0895. The Morgan fingerprint density at radius 3 is 2.43 bits per heavy atom. The summed E-state index contributed by atoms with van der Waals surface area (Å²) < 4.78 is 11.9. The molecule has 0 N–H and O–H groups in total. The molecular weight excluding hydrogens is 372 g/mol. The molecule has 0 bridgehead atoms. The van der Waals surface area contributed by atoms with Gasteiger partial charge >= 0.3 is 0 Å². The standard InChI is InChI=1S/C26H32N2O2/c1-29-24-10-11-25-22(18-26(30-25)20-8-4-2-5-9-20)23(24)19-27-16-12-21(13-17-27)28-14-6-3-7-15-28/h2,4-5,8-11,18,21H,3,6-7,12-17,19H2,1H3. The summed E-state index contributed by atoms with van der Waals surface area (Å²) in [5.74, 6) is 1.88. The lowest BCUT2D eigenvalue weighted by Gasteiger charge is -2.40. The van der Waals surface area contributed by atoms with E-state index in [1.807, 2.05) is 12.1 Å². The van der Waals surface area contributed by atoms with E-state index in [1.54, 1.807) is 7.11 Å². The molecule has 2 fully saturated rings. The first-order valence-electron chi connectivity index (χ1n) is 11.4. The van der Waals surface area contributed by atoms with Crippen molar-refractivity contribution >= 4 is 11.0 Å². The van der Waals surface area contributed by atoms with Crippen molar-refractivity contribution in [2.24, 2.45) is 0 Å². The van der Waals surface area contributed by atoms with Gasteiger partial charge in [0.15, 0.2) is 0 Å². The van der Waals surface area contributed by atoms with Crippen LogP contribution in [0.2, 0.25) is 0 Å². The third-order valence-corrected chi connectivity index (χ3v) is 6.89. The number of hydrogen-bond acceptors (Lipinski definition) is 4. The zero-order valence-corrected chi connectivity index (χ0v) is 18.0. The maximum absolute atomic E-state index is 6.20. The Kier molecular flexibility index (Phi) is 5.78. The molecule has 0 atom stereocenters. The first-order valence-corrected chi connectivity index (χ1v) is 11.4. The Labute approximate surface area is 179 Å². The largest absolute Gasteiger partial charge is 0.496 e. The minimum absolute atomic E-state index is 0.776. The zero-order valence-electron chi connectivity index (χ0n) is 18.0. The molecule has 0 unspecified atom stereocenters. The average molecular weight is 405 g/mol. The molecule has 30 heavy (non-hydrogen) atoms. The van der Waals surface area contributed by atoms with Crippen molar-refractivity contribution in [1.29, 1.82) is 0 Å². The van der Waals surface area contributed by atoms with E-state index in [-0.39, 0.29) is 0 Å². The topological polar surface area (TPSA) is 28.9 Å². The maximum Gasteiger partial charge on any atom is 0.135 e. The van der Waals surface area contributed by atoms with E-state index in [0.29, 0.717) is 0 Å². The van der Waals surface area contributed by atoms with Gasteiger partial charge in [0.25, 0.3) is 0 Å². The number of hydrogen-bond donors (Lipinski definition) is 0. The number of ether oxygens (including phenoxy) is 1. The summed E-state index contributed by atoms with van der Waals surface area (Å²) in [6.45, 7) is 5.83. The van der Waals surface area contributed by atoms with Crippen LogP contribution in [0.25, 0.3) is 22.3 Å². The molecule has 4 nitrogen and oxygen atoms in total. The summed E-state index contributed by atoms with van der Waals surface area (Å²) >= 11 is 0. The number of furan rings is 1. The molecule has 0 radical (unpaired) electrons. The molecule has 4 heteroatoms. The van der Waals surface area contributed by atoms with Crippen molar-refractivity contribution in [3.05, 3.63) is 54.1 Å². The third-order valence-electron chi connectivity index (χ3n) is 6.89. The minimum atomic E-state index is 0.776. The van der Waals surface area contributed by atoms with Crippen molar-refractivity contribution < 1.29 is 9.15 Å². The summed E-state index contributed by atoms with van der Waals surface area (Å²) in [6, 6.07) is 17.4. The van der Waals surface area contributed by atoms with Gasteiger partial charge in [-0.1, -0.05) is 36.8 Å². The van der Waals surface area contributed by atoms with Gasteiger partial charge in [-0.3, -0.25) is 4.90 Å². The molecule has 0 spiro atoms. The number of benzene rings is 2. The Morgan fingerprint density at radius 2 is 1.70 bits per heavy atom. The molecule has 2 aliphatic rings. The number of fused-ring (bicyclic) bond motifs is 1. The van der Waals surface area contributed by atoms with E-state index in [0.717, 1.165) is 48.3 Å². The van der Waals surface area contributed by atoms with Gasteiger partial charge in [-0.05, 0) is 70.1 Å². The van der Waals surface area contributed by atoms with Gasteiger partial charge in [-0.25, -0.2) is 0 Å². The predicted molar refractivity (Wildman–Crippen MR) is 122 cm³/mol. The highest BCUT2D eigenvalue weighted by Crippen LogP contribution is 2.35. The molecule has 3 aromatic rings. The van der Waals surface area contributed by atoms with Crippen LogP contribution in [0.5, 0.6) is 5.75 Å². The molecule has 2 aliphatic heterocycles. The van der Waals surface area contributed by atoms with E-state index < -0.39 is 0 Å². The maximum atomic E-state index is 6.20. The fourth-order valence-corrected chi connectivity index (χ4v) is 5.20. The molecule has 1 aromatic heterocycles. The Bertz CT molecular complexity index is 967. The summed E-state index contributed by atoms with van der Waals surface area (Å²) in [4.78, 5) is 5.33. The summed E-state index contributed by atoms with van der Waals surface area (Å²) in [6.07, 6.45) is 6.72. The summed E-state index contributed by atoms with van der Waals surface area (Å²) in [5.41, 5.74) is 3.30. The predicted octanol–water partition coefficient (Wildman–Crippen LogP) is 5.56. The van der Waals surface area contributed by atoms with E-state index in [9.17, 15) is 0 Å². The lowest BCUT2D eigenvalue weighted by Crippen LogP contribution is -2.46. The Hall–Kier alpha value is -2.30. The van der Waals surface area contributed by atoms with Crippen LogP contribution < -0.4 is 4.74 Å². The van der Waals surface area contributed by atoms with Crippen LogP contribution in [0.3, 0.4) is 0 Å². The minimum Gasteiger partial charge on any atom is -0.496 e. The summed E-state index contributed by atoms with van der Waals surface area (Å²) in [7, 11) is 1.77. The number of likely N-dealkylation sites (tertiary alicyclic amines) is 2. The van der Waals surface area contributed by atoms with Crippen LogP contribution in [0.15, 0.2) is 52.9 Å². The van der Waals surface area contributed by atoms with Crippen molar-refractivity contribution in [3.63, 3.8) is 0 Å². The monoisotopic (exact) mass is 404 g/mol. The van der Waals surface area contributed by atoms with E-state index in [1.165, 1.54) is 56.1 Å². The normalized spacial score (nSPS) is 19.4. The highest BCUT2D eigenvalue weighted by molar-refractivity contribution is 5.87. The molecule has 0 amide bonds. The molecule has 158 valence electrons. The molecule has 2 saturated heterocycles. The van der Waals surface area contributed by atoms with Gasteiger partial charge in [0.1, 0.15) is 17.1 Å². The highest BCUT2D eigenvalue weighted by atomic mass is 16.5. The van der Waals surface area contributed by atoms with Gasteiger partial charge in [-0.2, -0.15) is 0 Å². The van der Waals surface area contributed by atoms with Crippen LogP contribution >= 0.6 is 0 Å². The second kappa shape index (κ2) is 8.83. The van der Waals surface area contributed by atoms with Gasteiger partial charge in [0, 0.05) is 29.1 Å². The zero-order chi connectivity index (χ0) is 20.3. The SMILES string of the molecule is COc1ccc2oc(-c3ccccc3)cc2c1CN1CCC(N2CCCCC2)CC1. The van der Waals surface area contributed by atoms with Crippen molar-refractivity contribution in [2.75, 3.05) is 33.3 Å². The van der Waals surface area contributed by atoms with Crippen molar-refractivity contribution in [2.45, 2.75) is 44.7 Å². The summed E-state index contributed by atoms with van der Waals surface area (Å²) in [5, 5.41) is 1.17. The third kappa shape index (κ3) is 3.99.